The first kappa shape index (κ1) is 14.4. The molecule has 6 heteroatoms. The van der Waals surface area contributed by atoms with E-state index in [1.807, 2.05) is 13.8 Å². The Morgan fingerprint density at radius 1 is 0.909 bits per heavy atom. The van der Waals surface area contributed by atoms with Crippen molar-refractivity contribution < 1.29 is 18.4 Å². The van der Waals surface area contributed by atoms with Crippen LogP contribution in [0.4, 0.5) is 0 Å². The van der Waals surface area contributed by atoms with Crippen molar-refractivity contribution in [2.45, 2.75) is 25.9 Å². The van der Waals surface area contributed by atoms with Gasteiger partial charge in [0.05, 0.1) is 12.5 Å². The normalized spacial score (nSPS) is 21.9. The molecule has 0 saturated carbocycles. The lowest BCUT2D eigenvalue weighted by Crippen LogP contribution is -2.59. The molecular formula is C16H18N2O4. The van der Waals surface area contributed by atoms with Crippen molar-refractivity contribution in [3.63, 3.8) is 0 Å². The Balaban J connectivity index is 1.74. The number of hydrogen-bond donors (Lipinski definition) is 0. The van der Waals surface area contributed by atoms with Gasteiger partial charge in [0.2, 0.25) is 0 Å². The lowest BCUT2D eigenvalue weighted by molar-refractivity contribution is 0.0238. The second kappa shape index (κ2) is 5.71. The van der Waals surface area contributed by atoms with Crippen molar-refractivity contribution in [3.05, 3.63) is 48.3 Å². The van der Waals surface area contributed by atoms with Crippen LogP contribution in [0.25, 0.3) is 0 Å². The smallest absolute Gasteiger partial charge is 0.289 e. The summed E-state index contributed by atoms with van der Waals surface area (Å²) < 4.78 is 10.4. The van der Waals surface area contributed by atoms with Crippen LogP contribution in [-0.2, 0) is 0 Å². The highest BCUT2D eigenvalue weighted by atomic mass is 16.3. The fraction of sp³-hybridized carbons (Fsp3) is 0.375. The highest BCUT2D eigenvalue weighted by Gasteiger charge is 2.36. The molecule has 116 valence electrons. The molecule has 2 aromatic heterocycles. The summed E-state index contributed by atoms with van der Waals surface area (Å²) in [5, 5.41) is 0. The van der Waals surface area contributed by atoms with Gasteiger partial charge < -0.3 is 18.6 Å². The Hall–Kier alpha value is -2.50. The number of piperazine rings is 1. The molecule has 2 aromatic rings. The van der Waals surface area contributed by atoms with Gasteiger partial charge in [-0.05, 0) is 38.1 Å². The van der Waals surface area contributed by atoms with Crippen molar-refractivity contribution in [1.29, 1.82) is 0 Å². The third kappa shape index (κ3) is 2.52. The maximum absolute atomic E-state index is 12.4. The van der Waals surface area contributed by atoms with E-state index in [0.717, 1.165) is 0 Å². The molecule has 22 heavy (non-hydrogen) atoms. The van der Waals surface area contributed by atoms with Crippen molar-refractivity contribution >= 4 is 11.8 Å². The molecule has 6 nitrogen and oxygen atoms in total. The number of amides is 2. The highest BCUT2D eigenvalue weighted by Crippen LogP contribution is 2.20. The van der Waals surface area contributed by atoms with E-state index in [1.54, 1.807) is 34.1 Å². The number of carbonyl (C=O) groups is 2. The van der Waals surface area contributed by atoms with E-state index in [9.17, 15) is 9.59 Å². The van der Waals surface area contributed by atoms with Gasteiger partial charge in [-0.1, -0.05) is 0 Å². The summed E-state index contributed by atoms with van der Waals surface area (Å²) in [4.78, 5) is 28.4. The number of furan rings is 2. The minimum absolute atomic E-state index is 0.0901. The maximum atomic E-state index is 12.4. The molecule has 2 atom stereocenters. The number of carbonyl (C=O) groups excluding carboxylic acids is 2. The minimum Gasteiger partial charge on any atom is -0.459 e. The molecule has 1 aliphatic rings. The molecule has 3 heterocycles. The summed E-state index contributed by atoms with van der Waals surface area (Å²) in [6.07, 6.45) is 2.97. The van der Waals surface area contributed by atoms with Crippen molar-refractivity contribution in [3.8, 4) is 0 Å². The van der Waals surface area contributed by atoms with Gasteiger partial charge in [-0.25, -0.2) is 0 Å². The average Bonchev–Trinajstić information content (AvgIpc) is 3.20. The average molecular weight is 302 g/mol. The molecule has 0 radical (unpaired) electrons. The van der Waals surface area contributed by atoms with Gasteiger partial charge in [0.15, 0.2) is 11.5 Å². The molecule has 0 aromatic carbocycles. The molecule has 0 spiro atoms. The zero-order valence-electron chi connectivity index (χ0n) is 12.6. The monoisotopic (exact) mass is 302 g/mol. The molecule has 2 amide bonds. The Kier molecular flexibility index (Phi) is 3.75. The summed E-state index contributed by atoms with van der Waals surface area (Å²) >= 11 is 0. The zero-order chi connectivity index (χ0) is 15.7. The van der Waals surface area contributed by atoms with Crippen LogP contribution in [0.5, 0.6) is 0 Å². The van der Waals surface area contributed by atoms with Crippen LogP contribution in [0.15, 0.2) is 45.6 Å². The first-order valence-corrected chi connectivity index (χ1v) is 7.27. The Labute approximate surface area is 128 Å². The topological polar surface area (TPSA) is 66.9 Å². The lowest BCUT2D eigenvalue weighted by atomic mass is 10.1. The molecule has 0 N–H and O–H groups in total. The fourth-order valence-corrected chi connectivity index (χ4v) is 2.78. The summed E-state index contributed by atoms with van der Waals surface area (Å²) in [5.41, 5.74) is 0. The van der Waals surface area contributed by atoms with E-state index in [0.29, 0.717) is 24.6 Å². The fourth-order valence-electron chi connectivity index (χ4n) is 2.78. The highest BCUT2D eigenvalue weighted by molar-refractivity contribution is 5.93. The van der Waals surface area contributed by atoms with E-state index < -0.39 is 0 Å². The molecular weight excluding hydrogens is 284 g/mol. The number of hydrogen-bond acceptors (Lipinski definition) is 4. The Morgan fingerprint density at radius 2 is 1.32 bits per heavy atom. The molecule has 1 fully saturated rings. The summed E-state index contributed by atoms with van der Waals surface area (Å²) in [6, 6.07) is 6.51. The van der Waals surface area contributed by atoms with Crippen LogP contribution in [0, 0.1) is 0 Å². The third-order valence-corrected chi connectivity index (χ3v) is 3.97. The van der Waals surface area contributed by atoms with Crippen molar-refractivity contribution in [2.75, 3.05) is 13.1 Å². The molecule has 0 unspecified atom stereocenters. The predicted octanol–water partition coefficient (Wildman–Crippen LogP) is 2.25. The van der Waals surface area contributed by atoms with Gasteiger partial charge in [0.1, 0.15) is 0 Å². The van der Waals surface area contributed by atoms with Crippen LogP contribution in [0.2, 0.25) is 0 Å². The second-order valence-electron chi connectivity index (χ2n) is 5.57. The first-order chi connectivity index (χ1) is 10.6. The van der Waals surface area contributed by atoms with Crippen LogP contribution in [0.3, 0.4) is 0 Å². The van der Waals surface area contributed by atoms with E-state index >= 15 is 0 Å². The van der Waals surface area contributed by atoms with Crippen molar-refractivity contribution in [1.82, 2.24) is 9.80 Å². The molecule has 1 saturated heterocycles. The minimum atomic E-state index is -0.144. The van der Waals surface area contributed by atoms with Crippen LogP contribution >= 0.6 is 0 Å². The van der Waals surface area contributed by atoms with Gasteiger partial charge >= 0.3 is 0 Å². The van der Waals surface area contributed by atoms with Crippen LogP contribution in [-0.4, -0.2) is 46.8 Å². The van der Waals surface area contributed by atoms with E-state index in [4.69, 9.17) is 8.83 Å². The Bertz CT molecular complexity index is 590. The molecule has 3 rings (SSSR count). The van der Waals surface area contributed by atoms with Gasteiger partial charge in [-0.2, -0.15) is 0 Å². The van der Waals surface area contributed by atoms with Crippen molar-refractivity contribution in [2.24, 2.45) is 0 Å². The molecule has 0 aliphatic carbocycles. The standard InChI is InChI=1S/C16H18N2O4/c1-11-9-18(16(20)14-6-4-8-22-14)12(2)10-17(11)15(19)13-5-3-7-21-13/h3-8,11-12H,9-10H2,1-2H3/t11-,12+. The number of rotatable bonds is 2. The number of nitrogens with zero attached hydrogens (tertiary/aromatic N) is 2. The Morgan fingerprint density at radius 3 is 1.64 bits per heavy atom. The maximum Gasteiger partial charge on any atom is 0.289 e. The van der Waals surface area contributed by atoms with Crippen LogP contribution in [0.1, 0.15) is 35.0 Å². The van der Waals surface area contributed by atoms with Gasteiger partial charge in [0, 0.05) is 25.2 Å². The van der Waals surface area contributed by atoms with E-state index in [2.05, 4.69) is 0 Å². The van der Waals surface area contributed by atoms with Gasteiger partial charge in [-0.3, -0.25) is 9.59 Å². The summed E-state index contributed by atoms with van der Waals surface area (Å²) in [5.74, 6) is 0.360. The lowest BCUT2D eigenvalue weighted by Gasteiger charge is -2.43. The predicted molar refractivity (Wildman–Crippen MR) is 78.4 cm³/mol. The SMILES string of the molecule is C[C@@H]1CN(C(=O)c2ccco2)[C@@H](C)CN1C(=O)c1ccco1. The summed E-state index contributed by atoms with van der Waals surface area (Å²) in [7, 11) is 0. The zero-order valence-corrected chi connectivity index (χ0v) is 12.6. The van der Waals surface area contributed by atoms with Crippen LogP contribution < -0.4 is 0 Å². The van der Waals surface area contributed by atoms with Gasteiger partial charge in [-0.15, -0.1) is 0 Å². The van der Waals surface area contributed by atoms with Gasteiger partial charge in [0.25, 0.3) is 11.8 Å². The largest absolute Gasteiger partial charge is 0.459 e. The first-order valence-electron chi connectivity index (χ1n) is 7.27. The second-order valence-corrected chi connectivity index (χ2v) is 5.57. The summed E-state index contributed by atoms with van der Waals surface area (Å²) in [6.45, 7) is 4.78. The van der Waals surface area contributed by atoms with E-state index in [-0.39, 0.29) is 23.9 Å². The third-order valence-electron chi connectivity index (χ3n) is 3.97. The van der Waals surface area contributed by atoms with E-state index in [1.165, 1.54) is 12.5 Å². The molecule has 0 bridgehead atoms. The quantitative estimate of drug-likeness (QED) is 0.853. The molecule has 1 aliphatic heterocycles.